The Labute approximate surface area is 158 Å². The summed E-state index contributed by atoms with van der Waals surface area (Å²) < 4.78 is 0.862. The van der Waals surface area contributed by atoms with E-state index in [0.717, 1.165) is 10.5 Å². The van der Waals surface area contributed by atoms with Gasteiger partial charge in [0.15, 0.2) is 0 Å². The Bertz CT molecular complexity index is 982. The molecule has 140 valence electrons. The first-order valence-electron chi connectivity index (χ1n) is 8.46. The maximum Gasteiger partial charge on any atom is 0.335 e. The molecule has 0 aliphatic heterocycles. The molecule has 5 heteroatoms. The molecule has 0 fully saturated rings. The number of nitrogens with zero attached hydrogens (tertiary/aromatic N) is 1. The predicted octanol–water partition coefficient (Wildman–Crippen LogP) is 3.09. The standard InChI is InChI=1S/C13H16N.C9H8O4/c1-14(2,3)13-10-6-8-11-7-4-5-9-12(11)13;1-5-2-3-6(8(10)11)4-7(5)9(12)13/h4-10H,1-3H3;2-4H,1H3,(H,10,11)(H,12,13)/q+1;/p-1. The maximum atomic E-state index is 10.6. The van der Waals surface area contributed by atoms with Crippen molar-refractivity contribution in [3.8, 4) is 0 Å². The molecule has 0 unspecified atom stereocenters. The molecule has 1 N–H and O–H groups in total. The molecule has 3 rings (SSSR count). The summed E-state index contributed by atoms with van der Waals surface area (Å²) in [5.74, 6) is -2.51. The van der Waals surface area contributed by atoms with Crippen molar-refractivity contribution in [2.75, 3.05) is 21.1 Å². The molecule has 0 saturated carbocycles. The van der Waals surface area contributed by atoms with E-state index in [1.807, 2.05) is 0 Å². The van der Waals surface area contributed by atoms with E-state index in [-0.39, 0.29) is 11.1 Å². The summed E-state index contributed by atoms with van der Waals surface area (Å²) in [6.07, 6.45) is 0. The van der Waals surface area contributed by atoms with Gasteiger partial charge in [-0.3, -0.25) is 4.48 Å². The third kappa shape index (κ3) is 4.92. The second-order valence-corrected chi connectivity index (χ2v) is 7.13. The minimum atomic E-state index is -1.37. The highest BCUT2D eigenvalue weighted by Gasteiger charge is 2.14. The van der Waals surface area contributed by atoms with Crippen LogP contribution in [0.1, 0.15) is 26.3 Å². The molecule has 5 nitrogen and oxygen atoms in total. The van der Waals surface area contributed by atoms with Crippen LogP contribution in [0.25, 0.3) is 10.8 Å². The van der Waals surface area contributed by atoms with Crippen LogP contribution >= 0.6 is 0 Å². The number of benzene rings is 3. The Hall–Kier alpha value is -3.18. The smallest absolute Gasteiger partial charge is 0.335 e. The first-order chi connectivity index (χ1) is 12.6. The quantitative estimate of drug-likeness (QED) is 0.724. The molecular weight excluding hydrogens is 342 g/mol. The normalized spacial score (nSPS) is 10.8. The van der Waals surface area contributed by atoms with Crippen molar-refractivity contribution in [2.24, 2.45) is 0 Å². The lowest BCUT2D eigenvalue weighted by atomic mass is 10.1. The Kier molecular flexibility index (Phi) is 5.98. The van der Waals surface area contributed by atoms with Crippen LogP contribution in [0.4, 0.5) is 5.69 Å². The second-order valence-electron chi connectivity index (χ2n) is 7.13. The van der Waals surface area contributed by atoms with Crippen LogP contribution in [0.5, 0.6) is 0 Å². The lowest BCUT2D eigenvalue weighted by molar-refractivity contribution is -0.255. The van der Waals surface area contributed by atoms with Gasteiger partial charge < -0.3 is 15.0 Å². The van der Waals surface area contributed by atoms with E-state index in [2.05, 4.69) is 63.6 Å². The topological polar surface area (TPSA) is 77.4 Å². The van der Waals surface area contributed by atoms with E-state index >= 15 is 0 Å². The van der Waals surface area contributed by atoms with Crippen LogP contribution in [0.3, 0.4) is 0 Å². The van der Waals surface area contributed by atoms with Gasteiger partial charge in [0, 0.05) is 5.39 Å². The fourth-order valence-electron chi connectivity index (χ4n) is 2.77. The van der Waals surface area contributed by atoms with Crippen LogP contribution in [0.2, 0.25) is 0 Å². The molecule has 0 heterocycles. The number of rotatable bonds is 3. The van der Waals surface area contributed by atoms with Crippen LogP contribution in [0, 0.1) is 6.92 Å². The molecule has 27 heavy (non-hydrogen) atoms. The van der Waals surface area contributed by atoms with Crippen LogP contribution in [-0.4, -0.2) is 38.2 Å². The molecular formula is C22H23NO4. The van der Waals surface area contributed by atoms with E-state index in [0.29, 0.717) is 5.56 Å². The number of carbonyl (C=O) groups is 2. The Morgan fingerprint density at radius 2 is 1.56 bits per heavy atom. The van der Waals surface area contributed by atoms with Gasteiger partial charge in [-0.05, 0) is 41.6 Å². The van der Waals surface area contributed by atoms with Gasteiger partial charge in [0.1, 0.15) is 5.69 Å². The number of carboxylic acid groups (broad SMARTS) is 2. The zero-order valence-corrected chi connectivity index (χ0v) is 15.9. The van der Waals surface area contributed by atoms with Crippen molar-refractivity contribution in [3.05, 3.63) is 77.4 Å². The summed E-state index contributed by atoms with van der Waals surface area (Å²) in [5, 5.41) is 21.7. The van der Waals surface area contributed by atoms with Crippen molar-refractivity contribution >= 4 is 28.4 Å². The lowest BCUT2D eigenvalue weighted by Crippen LogP contribution is -2.34. The number of hydrogen-bond acceptors (Lipinski definition) is 3. The molecule has 3 aromatic rings. The van der Waals surface area contributed by atoms with Crippen molar-refractivity contribution in [1.82, 2.24) is 4.48 Å². The largest absolute Gasteiger partial charge is 0.545 e. The monoisotopic (exact) mass is 365 g/mol. The minimum absolute atomic E-state index is 0.0123. The van der Waals surface area contributed by atoms with E-state index < -0.39 is 11.9 Å². The molecule has 0 aliphatic rings. The van der Waals surface area contributed by atoms with Crippen molar-refractivity contribution < 1.29 is 19.8 Å². The second kappa shape index (κ2) is 8.01. The Morgan fingerprint density at radius 1 is 0.926 bits per heavy atom. The van der Waals surface area contributed by atoms with Crippen LogP contribution in [0.15, 0.2) is 60.7 Å². The van der Waals surface area contributed by atoms with Crippen molar-refractivity contribution in [3.63, 3.8) is 0 Å². The molecule has 0 aliphatic carbocycles. The van der Waals surface area contributed by atoms with Crippen molar-refractivity contribution in [1.29, 1.82) is 0 Å². The fourth-order valence-corrected chi connectivity index (χ4v) is 2.77. The van der Waals surface area contributed by atoms with E-state index in [1.54, 1.807) is 6.92 Å². The minimum Gasteiger partial charge on any atom is -0.545 e. The molecule has 3 aromatic carbocycles. The maximum absolute atomic E-state index is 10.6. The third-order valence-corrected chi connectivity index (χ3v) is 4.19. The zero-order valence-electron chi connectivity index (χ0n) is 15.9. The van der Waals surface area contributed by atoms with Gasteiger partial charge in [0.2, 0.25) is 0 Å². The molecule has 0 radical (unpaired) electrons. The molecule has 0 amide bonds. The summed E-state index contributed by atoms with van der Waals surface area (Å²) in [7, 11) is 6.59. The predicted molar refractivity (Wildman–Crippen MR) is 106 cm³/mol. The van der Waals surface area contributed by atoms with E-state index in [1.165, 1.54) is 28.6 Å². The summed E-state index contributed by atoms with van der Waals surface area (Å²) in [5.41, 5.74) is 1.75. The van der Waals surface area contributed by atoms with Crippen LogP contribution < -0.4 is 9.59 Å². The molecule has 0 saturated heterocycles. The third-order valence-electron chi connectivity index (χ3n) is 4.19. The first kappa shape index (κ1) is 20.1. The average molecular weight is 365 g/mol. The zero-order chi connectivity index (χ0) is 20.2. The van der Waals surface area contributed by atoms with E-state index in [4.69, 9.17) is 5.11 Å². The number of aryl methyl sites for hydroxylation is 1. The van der Waals surface area contributed by atoms with Gasteiger partial charge in [0.05, 0.1) is 32.7 Å². The lowest BCUT2D eigenvalue weighted by Gasteiger charge is -2.24. The van der Waals surface area contributed by atoms with Gasteiger partial charge in [-0.1, -0.05) is 42.5 Å². The molecule has 0 aromatic heterocycles. The average Bonchev–Trinajstić information content (AvgIpc) is 2.61. The SMILES string of the molecule is C[N+](C)(C)c1cccc2ccccc12.Cc1ccc(C(=O)[O-])cc1C(=O)O. The Balaban J connectivity index is 0.000000194. The van der Waals surface area contributed by atoms with Gasteiger partial charge in [-0.2, -0.15) is 0 Å². The highest BCUT2D eigenvalue weighted by atomic mass is 16.4. The van der Waals surface area contributed by atoms with Crippen LogP contribution in [-0.2, 0) is 0 Å². The number of hydrogen-bond donors (Lipinski definition) is 1. The first-order valence-corrected chi connectivity index (χ1v) is 8.46. The summed E-state index contributed by atoms with van der Waals surface area (Å²) in [4.78, 5) is 21.0. The number of carboxylic acids is 2. The highest BCUT2D eigenvalue weighted by molar-refractivity contribution is 5.94. The summed E-state index contributed by atoms with van der Waals surface area (Å²) in [6, 6.07) is 18.9. The van der Waals surface area contributed by atoms with Gasteiger partial charge in [-0.25, -0.2) is 4.79 Å². The highest BCUT2D eigenvalue weighted by Crippen LogP contribution is 2.27. The molecule has 0 spiro atoms. The number of aromatic carboxylic acids is 2. The van der Waals surface area contributed by atoms with Crippen molar-refractivity contribution in [2.45, 2.75) is 6.92 Å². The van der Waals surface area contributed by atoms with Gasteiger partial charge >= 0.3 is 5.97 Å². The number of quaternary nitrogens is 1. The number of carbonyl (C=O) groups excluding carboxylic acids is 1. The van der Waals surface area contributed by atoms with E-state index in [9.17, 15) is 14.7 Å². The van der Waals surface area contributed by atoms with Gasteiger partial charge in [0.25, 0.3) is 0 Å². The van der Waals surface area contributed by atoms with Gasteiger partial charge in [-0.15, -0.1) is 0 Å². The molecule has 0 atom stereocenters. The summed E-state index contributed by atoms with van der Waals surface area (Å²) in [6.45, 7) is 1.60. The summed E-state index contributed by atoms with van der Waals surface area (Å²) >= 11 is 0. The fraction of sp³-hybridized carbons (Fsp3) is 0.182. The molecule has 0 bridgehead atoms. The Morgan fingerprint density at radius 3 is 2.15 bits per heavy atom. The number of fused-ring (bicyclic) bond motifs is 1.